The van der Waals surface area contributed by atoms with Crippen molar-refractivity contribution in [1.82, 2.24) is 0 Å². The molecule has 0 nitrogen and oxygen atoms in total. The van der Waals surface area contributed by atoms with Crippen molar-refractivity contribution in [2.75, 3.05) is 0 Å². The number of hydrogen-bond donors (Lipinski definition) is 0. The Morgan fingerprint density at radius 3 is 1.86 bits per heavy atom. The van der Waals surface area contributed by atoms with Crippen LogP contribution in [0.15, 0.2) is 0 Å². The summed E-state index contributed by atoms with van der Waals surface area (Å²) in [6.45, 7) is 4.99. The lowest BCUT2D eigenvalue weighted by Gasteiger charge is -2.37. The molecular weight excluding hydrogens is 252 g/mol. The molecule has 21 heavy (non-hydrogen) atoms. The fraction of sp³-hybridized carbons (Fsp3) is 1.00. The van der Waals surface area contributed by atoms with Crippen LogP contribution in [0.3, 0.4) is 0 Å². The third-order valence-corrected chi connectivity index (χ3v) is 7.73. The topological polar surface area (TPSA) is 0 Å². The van der Waals surface area contributed by atoms with Crippen LogP contribution >= 0.6 is 0 Å². The molecule has 0 saturated heterocycles. The van der Waals surface area contributed by atoms with E-state index in [2.05, 4.69) is 13.8 Å². The van der Waals surface area contributed by atoms with E-state index in [0.717, 1.165) is 35.5 Å². The van der Waals surface area contributed by atoms with Crippen LogP contribution in [0.1, 0.15) is 97.3 Å². The van der Waals surface area contributed by atoms with Crippen molar-refractivity contribution in [1.29, 1.82) is 0 Å². The maximum absolute atomic E-state index is 2.59. The van der Waals surface area contributed by atoms with E-state index in [4.69, 9.17) is 0 Å². The molecule has 3 aliphatic rings. The van der Waals surface area contributed by atoms with Gasteiger partial charge in [-0.15, -0.1) is 0 Å². The second kappa shape index (κ2) is 7.51. The molecule has 0 aromatic rings. The Balaban J connectivity index is 1.59. The van der Waals surface area contributed by atoms with Gasteiger partial charge in [0.25, 0.3) is 0 Å². The van der Waals surface area contributed by atoms with E-state index >= 15 is 0 Å². The Morgan fingerprint density at radius 1 is 0.619 bits per heavy atom. The second-order valence-electron chi connectivity index (χ2n) is 8.79. The van der Waals surface area contributed by atoms with Gasteiger partial charge in [0, 0.05) is 0 Å². The summed E-state index contributed by atoms with van der Waals surface area (Å²) in [5, 5.41) is 0. The lowest BCUT2D eigenvalue weighted by atomic mass is 9.69. The SMILES string of the molecule is CCC1CCC(C2CCC3CCCC3CCCC2C)CC1. The van der Waals surface area contributed by atoms with Gasteiger partial charge in [-0.25, -0.2) is 0 Å². The van der Waals surface area contributed by atoms with E-state index < -0.39 is 0 Å². The van der Waals surface area contributed by atoms with E-state index in [-0.39, 0.29) is 0 Å². The highest BCUT2D eigenvalue weighted by molar-refractivity contribution is 4.85. The molecule has 0 aromatic carbocycles. The third kappa shape index (κ3) is 3.85. The molecule has 0 heterocycles. The lowest BCUT2D eigenvalue weighted by Crippen LogP contribution is -2.26. The van der Waals surface area contributed by atoms with Crippen LogP contribution < -0.4 is 0 Å². The molecule has 0 N–H and O–H groups in total. The molecule has 3 rings (SSSR count). The van der Waals surface area contributed by atoms with Crippen molar-refractivity contribution in [3.63, 3.8) is 0 Å². The molecule has 0 amide bonds. The van der Waals surface area contributed by atoms with Crippen molar-refractivity contribution in [2.24, 2.45) is 35.5 Å². The Kier molecular flexibility index (Phi) is 5.68. The summed E-state index contributed by atoms with van der Waals surface area (Å²) in [6, 6.07) is 0. The minimum atomic E-state index is 1.01. The van der Waals surface area contributed by atoms with E-state index in [1.807, 2.05) is 0 Å². The van der Waals surface area contributed by atoms with Crippen molar-refractivity contribution in [2.45, 2.75) is 97.3 Å². The van der Waals surface area contributed by atoms with Gasteiger partial charge in [0.15, 0.2) is 0 Å². The highest BCUT2D eigenvalue weighted by Crippen LogP contribution is 2.46. The van der Waals surface area contributed by atoms with Crippen LogP contribution in [0, 0.1) is 35.5 Å². The molecule has 3 aliphatic carbocycles. The summed E-state index contributed by atoms with van der Waals surface area (Å²) in [6.07, 6.45) is 20.1. The van der Waals surface area contributed by atoms with Gasteiger partial charge >= 0.3 is 0 Å². The largest absolute Gasteiger partial charge is 0.0651 e. The quantitative estimate of drug-likeness (QED) is 0.522. The summed E-state index contributed by atoms with van der Waals surface area (Å²) < 4.78 is 0. The van der Waals surface area contributed by atoms with Gasteiger partial charge in [-0.1, -0.05) is 71.6 Å². The Labute approximate surface area is 133 Å². The van der Waals surface area contributed by atoms with Crippen LogP contribution in [0.5, 0.6) is 0 Å². The van der Waals surface area contributed by atoms with Gasteiger partial charge < -0.3 is 0 Å². The van der Waals surface area contributed by atoms with Crippen molar-refractivity contribution >= 4 is 0 Å². The number of fused-ring (bicyclic) bond motifs is 1. The number of rotatable bonds is 2. The molecule has 3 saturated carbocycles. The van der Waals surface area contributed by atoms with Gasteiger partial charge in [-0.05, 0) is 61.2 Å². The summed E-state index contributed by atoms with van der Waals surface area (Å²) in [4.78, 5) is 0. The predicted molar refractivity (Wildman–Crippen MR) is 92.3 cm³/mol. The monoisotopic (exact) mass is 290 g/mol. The Morgan fingerprint density at radius 2 is 1.19 bits per heavy atom. The van der Waals surface area contributed by atoms with E-state index in [9.17, 15) is 0 Å². The first-order chi connectivity index (χ1) is 10.3. The fourth-order valence-corrected chi connectivity index (χ4v) is 6.21. The van der Waals surface area contributed by atoms with Gasteiger partial charge in [0.05, 0.1) is 0 Å². The number of hydrogen-bond acceptors (Lipinski definition) is 0. The van der Waals surface area contributed by atoms with E-state index in [1.165, 1.54) is 38.5 Å². The van der Waals surface area contributed by atoms with Gasteiger partial charge in [-0.3, -0.25) is 0 Å². The van der Waals surface area contributed by atoms with Crippen LogP contribution in [-0.2, 0) is 0 Å². The van der Waals surface area contributed by atoms with Gasteiger partial charge in [-0.2, -0.15) is 0 Å². The summed E-state index contributed by atoms with van der Waals surface area (Å²) in [5.41, 5.74) is 0. The molecule has 3 fully saturated rings. The highest BCUT2D eigenvalue weighted by Gasteiger charge is 2.34. The predicted octanol–water partition coefficient (Wildman–Crippen LogP) is 6.84. The molecule has 0 heteroatoms. The highest BCUT2D eigenvalue weighted by atomic mass is 14.4. The minimum absolute atomic E-state index is 1.01. The zero-order chi connectivity index (χ0) is 14.7. The average Bonchev–Trinajstić information content (AvgIpc) is 2.96. The van der Waals surface area contributed by atoms with Gasteiger partial charge in [0.2, 0.25) is 0 Å². The third-order valence-electron chi connectivity index (χ3n) is 7.73. The summed E-state index contributed by atoms with van der Waals surface area (Å²) in [5.74, 6) is 6.46. The van der Waals surface area contributed by atoms with E-state index in [0.29, 0.717) is 0 Å². The molecule has 0 aliphatic heterocycles. The van der Waals surface area contributed by atoms with Crippen molar-refractivity contribution in [3.05, 3.63) is 0 Å². The zero-order valence-corrected chi connectivity index (χ0v) is 14.7. The average molecular weight is 291 g/mol. The summed E-state index contributed by atoms with van der Waals surface area (Å²) in [7, 11) is 0. The minimum Gasteiger partial charge on any atom is -0.0651 e. The normalized spacial score (nSPS) is 45.4. The van der Waals surface area contributed by atoms with Crippen LogP contribution in [0.2, 0.25) is 0 Å². The standard InChI is InChI=1S/C21H38/c1-3-17-10-12-20(13-11-17)21-15-14-19-9-5-8-18(19)7-4-6-16(21)2/h16-21H,3-15H2,1-2H3. The Hall–Kier alpha value is 0. The molecule has 4 unspecified atom stereocenters. The molecule has 0 bridgehead atoms. The van der Waals surface area contributed by atoms with Gasteiger partial charge in [0.1, 0.15) is 0 Å². The first-order valence-corrected chi connectivity index (χ1v) is 10.3. The first-order valence-electron chi connectivity index (χ1n) is 10.3. The maximum Gasteiger partial charge on any atom is -0.0360 e. The molecule has 4 atom stereocenters. The maximum atomic E-state index is 2.59. The molecule has 0 radical (unpaired) electrons. The first kappa shape index (κ1) is 15.9. The Bertz CT molecular complexity index is 299. The molecule has 0 aromatic heterocycles. The second-order valence-corrected chi connectivity index (χ2v) is 8.79. The van der Waals surface area contributed by atoms with Crippen LogP contribution in [0.25, 0.3) is 0 Å². The molecular formula is C21H38. The van der Waals surface area contributed by atoms with Crippen LogP contribution in [0.4, 0.5) is 0 Å². The lowest BCUT2D eigenvalue weighted by molar-refractivity contribution is 0.138. The van der Waals surface area contributed by atoms with Crippen molar-refractivity contribution < 1.29 is 0 Å². The molecule has 0 spiro atoms. The van der Waals surface area contributed by atoms with Crippen molar-refractivity contribution in [3.8, 4) is 0 Å². The molecule has 122 valence electrons. The van der Waals surface area contributed by atoms with Crippen LogP contribution in [-0.4, -0.2) is 0 Å². The zero-order valence-electron chi connectivity index (χ0n) is 14.7. The smallest absolute Gasteiger partial charge is 0.0360 e. The fourth-order valence-electron chi connectivity index (χ4n) is 6.21. The van der Waals surface area contributed by atoms with E-state index in [1.54, 1.807) is 44.9 Å². The summed E-state index contributed by atoms with van der Waals surface area (Å²) >= 11 is 0.